The number of nitrogens with zero attached hydrogens (tertiary/aromatic N) is 3. The monoisotopic (exact) mass is 246 g/mol. The summed E-state index contributed by atoms with van der Waals surface area (Å²) < 4.78 is 0. The lowest BCUT2D eigenvalue weighted by Crippen LogP contribution is -2.44. The summed E-state index contributed by atoms with van der Waals surface area (Å²) in [7, 11) is 0. The van der Waals surface area contributed by atoms with Crippen molar-refractivity contribution >= 4 is 11.5 Å². The van der Waals surface area contributed by atoms with Gasteiger partial charge in [0.15, 0.2) is 0 Å². The molecule has 1 saturated carbocycles. The fourth-order valence-corrected chi connectivity index (χ4v) is 2.24. The van der Waals surface area contributed by atoms with Crippen LogP contribution in [0.1, 0.15) is 38.2 Å². The van der Waals surface area contributed by atoms with Gasteiger partial charge >= 0.3 is 5.69 Å². The molecule has 0 aromatic carbocycles. The summed E-state index contributed by atoms with van der Waals surface area (Å²) in [5.74, 6) is 0.209. The Bertz CT molecular complexity index is 512. The maximum atomic E-state index is 11.1. The molecular weight excluding hydrogens is 232 g/mol. The number of nitrogens with one attached hydrogen (secondary N) is 1. The highest BCUT2D eigenvalue weighted by Crippen LogP contribution is 2.39. The van der Waals surface area contributed by atoms with E-state index in [4.69, 9.17) is 5.26 Å². The Morgan fingerprint density at radius 2 is 2.39 bits per heavy atom. The van der Waals surface area contributed by atoms with E-state index in [1.54, 1.807) is 0 Å². The Morgan fingerprint density at radius 3 is 2.83 bits per heavy atom. The van der Waals surface area contributed by atoms with Crippen molar-refractivity contribution in [2.24, 2.45) is 0 Å². The first-order valence-corrected chi connectivity index (χ1v) is 5.93. The number of pyridine rings is 1. The second kappa shape index (κ2) is 4.61. The minimum atomic E-state index is -0.546. The average molecular weight is 246 g/mol. The average Bonchev–Trinajstić information content (AvgIpc) is 2.33. The number of nitriles is 1. The first-order valence-electron chi connectivity index (χ1n) is 5.93. The summed E-state index contributed by atoms with van der Waals surface area (Å²) in [6.07, 6.45) is 5.41. The van der Waals surface area contributed by atoms with Crippen LogP contribution in [0.25, 0.3) is 0 Å². The number of anilines is 1. The second-order valence-electron chi connectivity index (χ2n) is 4.54. The van der Waals surface area contributed by atoms with E-state index in [1.807, 2.05) is 13.0 Å². The number of nitro groups is 1. The smallest absolute Gasteiger partial charge is 0.328 e. The molecule has 18 heavy (non-hydrogen) atoms. The van der Waals surface area contributed by atoms with Gasteiger partial charge in [-0.25, -0.2) is 4.98 Å². The molecule has 1 N–H and O–H groups in total. The minimum Gasteiger partial charge on any atom is -0.359 e. The van der Waals surface area contributed by atoms with Crippen molar-refractivity contribution in [3.05, 3.63) is 27.9 Å². The highest BCUT2D eigenvalue weighted by atomic mass is 16.6. The van der Waals surface area contributed by atoms with Crippen LogP contribution >= 0.6 is 0 Å². The van der Waals surface area contributed by atoms with E-state index in [-0.39, 0.29) is 22.6 Å². The molecule has 1 aliphatic carbocycles. The van der Waals surface area contributed by atoms with Crippen LogP contribution in [0.4, 0.5) is 11.5 Å². The van der Waals surface area contributed by atoms with Crippen LogP contribution in [0.15, 0.2) is 12.3 Å². The van der Waals surface area contributed by atoms with Crippen molar-refractivity contribution in [3.63, 3.8) is 0 Å². The van der Waals surface area contributed by atoms with Crippen molar-refractivity contribution in [1.82, 2.24) is 4.98 Å². The van der Waals surface area contributed by atoms with E-state index in [2.05, 4.69) is 10.3 Å². The SMILES string of the molecule is CCC1(Nc2nccc(C#N)c2[N+](=O)[O-])CCC1. The van der Waals surface area contributed by atoms with E-state index in [0.717, 1.165) is 25.7 Å². The van der Waals surface area contributed by atoms with Gasteiger partial charge in [0.05, 0.1) is 4.92 Å². The lowest BCUT2D eigenvalue weighted by Gasteiger charge is -2.42. The summed E-state index contributed by atoms with van der Waals surface area (Å²) in [5, 5.41) is 23.1. The fourth-order valence-electron chi connectivity index (χ4n) is 2.24. The predicted molar refractivity (Wildman–Crippen MR) is 66.1 cm³/mol. The molecule has 1 aromatic rings. The molecule has 1 fully saturated rings. The van der Waals surface area contributed by atoms with Gasteiger partial charge in [-0.3, -0.25) is 10.1 Å². The number of hydrogen-bond acceptors (Lipinski definition) is 5. The van der Waals surface area contributed by atoms with Crippen LogP contribution in [0, 0.1) is 21.4 Å². The van der Waals surface area contributed by atoms with Gasteiger partial charge in [-0.2, -0.15) is 5.26 Å². The van der Waals surface area contributed by atoms with Crippen molar-refractivity contribution < 1.29 is 4.92 Å². The van der Waals surface area contributed by atoms with Gasteiger partial charge < -0.3 is 5.32 Å². The molecule has 0 radical (unpaired) electrons. The Balaban J connectivity index is 2.39. The lowest BCUT2D eigenvalue weighted by atomic mass is 9.75. The predicted octanol–water partition coefficient (Wildman–Crippen LogP) is 2.61. The van der Waals surface area contributed by atoms with Gasteiger partial charge in [0, 0.05) is 11.7 Å². The van der Waals surface area contributed by atoms with E-state index in [1.165, 1.54) is 12.3 Å². The molecule has 0 saturated heterocycles. The third kappa shape index (κ3) is 1.99. The van der Waals surface area contributed by atoms with Crippen molar-refractivity contribution in [3.8, 4) is 6.07 Å². The molecule has 6 nitrogen and oxygen atoms in total. The van der Waals surface area contributed by atoms with E-state index < -0.39 is 4.92 Å². The topological polar surface area (TPSA) is 91.8 Å². The van der Waals surface area contributed by atoms with E-state index in [0.29, 0.717) is 0 Å². The van der Waals surface area contributed by atoms with Gasteiger partial charge in [0.25, 0.3) is 0 Å². The van der Waals surface area contributed by atoms with Crippen molar-refractivity contribution in [2.75, 3.05) is 5.32 Å². The van der Waals surface area contributed by atoms with Gasteiger partial charge in [0.1, 0.15) is 11.6 Å². The maximum Gasteiger partial charge on any atom is 0.328 e. The molecule has 94 valence electrons. The normalized spacial score (nSPS) is 16.4. The molecule has 1 heterocycles. The highest BCUT2D eigenvalue weighted by Gasteiger charge is 2.37. The molecule has 2 rings (SSSR count). The van der Waals surface area contributed by atoms with Crippen LogP contribution in [-0.2, 0) is 0 Å². The molecular formula is C12H14N4O2. The number of aromatic nitrogens is 1. The largest absolute Gasteiger partial charge is 0.359 e. The zero-order valence-corrected chi connectivity index (χ0v) is 10.1. The first kappa shape index (κ1) is 12.3. The number of hydrogen-bond donors (Lipinski definition) is 1. The summed E-state index contributed by atoms with van der Waals surface area (Å²) in [6.45, 7) is 2.05. The van der Waals surface area contributed by atoms with Crippen LogP contribution in [0.2, 0.25) is 0 Å². The van der Waals surface area contributed by atoms with Crippen molar-refractivity contribution in [2.45, 2.75) is 38.1 Å². The number of rotatable bonds is 4. The first-order chi connectivity index (χ1) is 8.62. The Kier molecular flexibility index (Phi) is 3.15. The molecule has 0 unspecified atom stereocenters. The molecule has 0 spiro atoms. The summed E-state index contributed by atoms with van der Waals surface area (Å²) >= 11 is 0. The molecule has 0 atom stereocenters. The summed E-state index contributed by atoms with van der Waals surface area (Å²) in [6, 6.07) is 3.20. The van der Waals surface area contributed by atoms with Gasteiger partial charge in [0.2, 0.25) is 5.82 Å². The highest BCUT2D eigenvalue weighted by molar-refractivity contribution is 5.65. The zero-order valence-electron chi connectivity index (χ0n) is 10.1. The minimum absolute atomic E-state index is 0.0445. The molecule has 0 aliphatic heterocycles. The Morgan fingerprint density at radius 1 is 1.67 bits per heavy atom. The molecule has 6 heteroatoms. The van der Waals surface area contributed by atoms with Crippen LogP contribution in [-0.4, -0.2) is 15.4 Å². The molecule has 1 aromatic heterocycles. The summed E-state index contributed by atoms with van der Waals surface area (Å²) in [4.78, 5) is 14.5. The van der Waals surface area contributed by atoms with E-state index >= 15 is 0 Å². The standard InChI is InChI=1S/C12H14N4O2/c1-2-12(5-3-6-12)15-11-10(16(17)18)9(8-13)4-7-14-11/h4,7H,2-3,5-6H2,1H3,(H,14,15). The zero-order chi connectivity index (χ0) is 13.2. The molecule has 0 amide bonds. The Hall–Kier alpha value is -2.16. The molecule has 0 bridgehead atoms. The van der Waals surface area contributed by atoms with Crippen LogP contribution in [0.3, 0.4) is 0 Å². The Labute approximate surface area is 105 Å². The van der Waals surface area contributed by atoms with Gasteiger partial charge in [-0.05, 0) is 31.7 Å². The second-order valence-corrected chi connectivity index (χ2v) is 4.54. The van der Waals surface area contributed by atoms with Crippen LogP contribution in [0.5, 0.6) is 0 Å². The third-order valence-electron chi connectivity index (χ3n) is 3.60. The fraction of sp³-hybridized carbons (Fsp3) is 0.500. The van der Waals surface area contributed by atoms with E-state index in [9.17, 15) is 10.1 Å². The maximum absolute atomic E-state index is 11.1. The summed E-state index contributed by atoms with van der Waals surface area (Å²) in [5.41, 5.74) is -0.269. The molecule has 1 aliphatic rings. The van der Waals surface area contributed by atoms with Crippen LogP contribution < -0.4 is 5.32 Å². The van der Waals surface area contributed by atoms with Gasteiger partial charge in [-0.15, -0.1) is 0 Å². The lowest BCUT2D eigenvalue weighted by molar-refractivity contribution is -0.384. The quantitative estimate of drug-likeness (QED) is 0.651. The third-order valence-corrected chi connectivity index (χ3v) is 3.60. The van der Waals surface area contributed by atoms with Gasteiger partial charge in [-0.1, -0.05) is 6.92 Å². The van der Waals surface area contributed by atoms with Crippen molar-refractivity contribution in [1.29, 1.82) is 5.26 Å².